The normalized spacial score (nSPS) is 25.7. The van der Waals surface area contributed by atoms with Gasteiger partial charge in [-0.05, 0) is 62.2 Å². The van der Waals surface area contributed by atoms with Gasteiger partial charge in [-0.2, -0.15) is 0 Å². The zero-order chi connectivity index (χ0) is 19.9. The van der Waals surface area contributed by atoms with Crippen molar-refractivity contribution < 1.29 is 19.8 Å². The van der Waals surface area contributed by atoms with Crippen LogP contribution in [0, 0.1) is 23.2 Å². The van der Waals surface area contributed by atoms with Gasteiger partial charge in [-0.25, -0.2) is 0 Å². The minimum Gasteiger partial charge on any atom is -0.481 e. The summed E-state index contributed by atoms with van der Waals surface area (Å²) in [5.41, 5.74) is -0.172. The Balaban J connectivity index is 1.71. The quantitative estimate of drug-likeness (QED) is 0.473. The standard InChI is InChI=1S/C23H40O4/c1-23(2,16-22(26)27)15-7-6-10-19-17(12-14-21(19)25)11-13-20(24)18-8-4-3-5-9-18/h17-20,24H,3-16H2,1-2H3,(H,26,27)/t17-,19+,20?/m0/s1. The van der Waals surface area contributed by atoms with Gasteiger partial charge in [-0.1, -0.05) is 46.0 Å². The molecule has 2 rings (SSSR count). The SMILES string of the molecule is CC(C)(CCCC[C@H]1C(=O)CC[C@@H]1CCC(O)C1CCCCC1)CC(=O)O. The van der Waals surface area contributed by atoms with Crippen molar-refractivity contribution in [1.82, 2.24) is 0 Å². The summed E-state index contributed by atoms with van der Waals surface area (Å²) in [6.07, 6.45) is 13.5. The van der Waals surface area contributed by atoms with Crippen molar-refractivity contribution in [3.8, 4) is 0 Å². The molecule has 2 N–H and O–H groups in total. The molecule has 0 spiro atoms. The van der Waals surface area contributed by atoms with Crippen molar-refractivity contribution in [2.24, 2.45) is 23.2 Å². The first-order valence-electron chi connectivity index (χ1n) is 11.2. The number of carbonyl (C=O) groups excluding carboxylic acids is 1. The molecule has 4 nitrogen and oxygen atoms in total. The Kier molecular flexibility index (Phi) is 8.78. The van der Waals surface area contributed by atoms with Crippen LogP contribution in [0.1, 0.15) is 104 Å². The van der Waals surface area contributed by atoms with Crippen LogP contribution in [-0.4, -0.2) is 28.1 Å². The summed E-state index contributed by atoms with van der Waals surface area (Å²) in [6.45, 7) is 4.02. The number of hydrogen-bond donors (Lipinski definition) is 2. The first-order valence-corrected chi connectivity index (χ1v) is 11.2. The molecule has 3 atom stereocenters. The van der Waals surface area contributed by atoms with E-state index in [2.05, 4.69) is 0 Å². The van der Waals surface area contributed by atoms with E-state index in [4.69, 9.17) is 5.11 Å². The number of aliphatic carboxylic acids is 1. The van der Waals surface area contributed by atoms with Crippen molar-refractivity contribution in [1.29, 1.82) is 0 Å². The van der Waals surface area contributed by atoms with Gasteiger partial charge in [0.2, 0.25) is 0 Å². The largest absolute Gasteiger partial charge is 0.481 e. The molecule has 0 aliphatic heterocycles. The molecule has 0 bridgehead atoms. The summed E-state index contributed by atoms with van der Waals surface area (Å²) in [4.78, 5) is 23.2. The molecule has 0 saturated heterocycles. The number of Topliss-reactive ketones (excluding diaryl/α,β-unsaturated/α-hetero) is 1. The number of rotatable bonds is 11. The van der Waals surface area contributed by atoms with Crippen LogP contribution in [0.4, 0.5) is 0 Å². The topological polar surface area (TPSA) is 74.6 Å². The van der Waals surface area contributed by atoms with Crippen molar-refractivity contribution in [2.45, 2.75) is 110 Å². The third-order valence-corrected chi connectivity index (χ3v) is 7.02. The van der Waals surface area contributed by atoms with Gasteiger partial charge >= 0.3 is 5.97 Å². The molecule has 0 heterocycles. The Bertz CT molecular complexity index is 479. The first-order chi connectivity index (χ1) is 12.8. The Morgan fingerprint density at radius 2 is 1.81 bits per heavy atom. The number of carbonyl (C=O) groups is 2. The minimum absolute atomic E-state index is 0.172. The fourth-order valence-electron chi connectivity index (χ4n) is 5.32. The summed E-state index contributed by atoms with van der Waals surface area (Å²) in [5, 5.41) is 19.5. The third-order valence-electron chi connectivity index (χ3n) is 7.02. The van der Waals surface area contributed by atoms with Crippen molar-refractivity contribution >= 4 is 11.8 Å². The van der Waals surface area contributed by atoms with Gasteiger partial charge in [0.15, 0.2) is 0 Å². The van der Waals surface area contributed by atoms with Crippen LogP contribution < -0.4 is 0 Å². The van der Waals surface area contributed by atoms with Crippen molar-refractivity contribution in [3.05, 3.63) is 0 Å². The molecule has 0 aromatic carbocycles. The van der Waals surface area contributed by atoms with Crippen LogP contribution in [0.2, 0.25) is 0 Å². The smallest absolute Gasteiger partial charge is 0.303 e. The number of ketones is 1. The van der Waals surface area contributed by atoms with E-state index < -0.39 is 5.97 Å². The lowest BCUT2D eigenvalue weighted by atomic mass is 9.80. The molecule has 0 amide bonds. The molecule has 0 radical (unpaired) electrons. The number of carboxylic acid groups (broad SMARTS) is 1. The van der Waals surface area contributed by atoms with E-state index in [9.17, 15) is 14.7 Å². The molecule has 156 valence electrons. The number of aliphatic hydroxyl groups is 1. The average Bonchev–Trinajstić information content (AvgIpc) is 2.96. The summed E-state index contributed by atoms with van der Waals surface area (Å²) < 4.78 is 0. The fourth-order valence-corrected chi connectivity index (χ4v) is 5.32. The number of unbranched alkanes of at least 4 members (excludes halogenated alkanes) is 1. The second-order valence-electron chi connectivity index (χ2n) is 9.89. The van der Waals surface area contributed by atoms with Gasteiger partial charge in [0.05, 0.1) is 12.5 Å². The maximum Gasteiger partial charge on any atom is 0.303 e. The molecule has 2 saturated carbocycles. The maximum atomic E-state index is 12.3. The van der Waals surface area contributed by atoms with Gasteiger partial charge in [0.25, 0.3) is 0 Å². The molecule has 0 aromatic heterocycles. The summed E-state index contributed by atoms with van der Waals surface area (Å²) >= 11 is 0. The average molecular weight is 381 g/mol. The van der Waals surface area contributed by atoms with Crippen LogP contribution in [0.25, 0.3) is 0 Å². The van der Waals surface area contributed by atoms with E-state index in [1.807, 2.05) is 13.8 Å². The maximum absolute atomic E-state index is 12.3. The number of aliphatic hydroxyl groups excluding tert-OH is 1. The molecule has 2 aliphatic rings. The molecule has 1 unspecified atom stereocenters. The van der Waals surface area contributed by atoms with Gasteiger partial charge in [0, 0.05) is 12.3 Å². The molecular formula is C23H40O4. The highest BCUT2D eigenvalue weighted by Crippen LogP contribution is 2.38. The molecule has 0 aromatic rings. The van der Waals surface area contributed by atoms with E-state index in [1.165, 1.54) is 32.1 Å². The molecule has 2 fully saturated rings. The molecule has 4 heteroatoms. The zero-order valence-electron chi connectivity index (χ0n) is 17.4. The highest BCUT2D eigenvalue weighted by molar-refractivity contribution is 5.83. The minimum atomic E-state index is -0.734. The Hall–Kier alpha value is -0.900. The summed E-state index contributed by atoms with van der Waals surface area (Å²) in [6, 6.07) is 0. The first kappa shape index (κ1) is 22.4. The van der Waals surface area contributed by atoms with Gasteiger partial charge in [-0.15, -0.1) is 0 Å². The Morgan fingerprint density at radius 3 is 2.48 bits per heavy atom. The van der Waals surface area contributed by atoms with E-state index in [-0.39, 0.29) is 23.9 Å². The summed E-state index contributed by atoms with van der Waals surface area (Å²) in [7, 11) is 0. The molecular weight excluding hydrogens is 340 g/mol. The van der Waals surface area contributed by atoms with Gasteiger partial charge < -0.3 is 10.2 Å². The summed E-state index contributed by atoms with van der Waals surface area (Å²) in [5.74, 6) is 0.777. The van der Waals surface area contributed by atoms with Gasteiger partial charge in [-0.3, -0.25) is 9.59 Å². The lowest BCUT2D eigenvalue weighted by molar-refractivity contribution is -0.139. The van der Waals surface area contributed by atoms with E-state index in [0.717, 1.165) is 44.9 Å². The predicted octanol–water partition coefficient (Wildman–Crippen LogP) is 5.36. The zero-order valence-corrected chi connectivity index (χ0v) is 17.4. The Morgan fingerprint density at radius 1 is 1.11 bits per heavy atom. The molecule has 27 heavy (non-hydrogen) atoms. The number of carboxylic acids is 1. The van der Waals surface area contributed by atoms with Gasteiger partial charge in [0.1, 0.15) is 5.78 Å². The van der Waals surface area contributed by atoms with Crippen LogP contribution in [0.3, 0.4) is 0 Å². The van der Waals surface area contributed by atoms with E-state index >= 15 is 0 Å². The second-order valence-corrected chi connectivity index (χ2v) is 9.89. The highest BCUT2D eigenvalue weighted by atomic mass is 16.4. The van der Waals surface area contributed by atoms with Crippen LogP contribution >= 0.6 is 0 Å². The van der Waals surface area contributed by atoms with Crippen molar-refractivity contribution in [3.63, 3.8) is 0 Å². The highest BCUT2D eigenvalue weighted by Gasteiger charge is 2.34. The van der Waals surface area contributed by atoms with Crippen molar-refractivity contribution in [2.75, 3.05) is 0 Å². The lowest BCUT2D eigenvalue weighted by Crippen LogP contribution is -2.24. The van der Waals surface area contributed by atoms with E-state index in [0.29, 0.717) is 24.0 Å². The predicted molar refractivity (Wildman–Crippen MR) is 108 cm³/mol. The van der Waals surface area contributed by atoms with Crippen LogP contribution in [0.5, 0.6) is 0 Å². The molecule has 2 aliphatic carbocycles. The Labute approximate surface area is 165 Å². The fraction of sp³-hybridized carbons (Fsp3) is 0.913. The van der Waals surface area contributed by atoms with Crippen LogP contribution in [0.15, 0.2) is 0 Å². The number of hydrogen-bond acceptors (Lipinski definition) is 3. The van der Waals surface area contributed by atoms with Crippen LogP contribution in [-0.2, 0) is 9.59 Å². The third kappa shape index (κ3) is 7.56. The monoisotopic (exact) mass is 380 g/mol. The second kappa shape index (κ2) is 10.6. The lowest BCUT2D eigenvalue weighted by Gasteiger charge is -2.28. The van der Waals surface area contributed by atoms with E-state index in [1.54, 1.807) is 0 Å².